The average molecular weight is 559 g/mol. The fourth-order valence-corrected chi connectivity index (χ4v) is 5.73. The van der Waals surface area contributed by atoms with Gasteiger partial charge in [-0.05, 0) is 73.6 Å². The van der Waals surface area contributed by atoms with Gasteiger partial charge in [0.1, 0.15) is 11.9 Å². The third-order valence-corrected chi connectivity index (χ3v) is 8.00. The molecular weight excluding hydrogens is 512 g/mol. The average Bonchev–Trinajstić information content (AvgIpc) is 2.82. The maximum Gasteiger partial charge on any atom is 0.350 e. The summed E-state index contributed by atoms with van der Waals surface area (Å²) in [6.07, 6.45) is 3.30. The van der Waals surface area contributed by atoms with Crippen molar-refractivity contribution in [3.63, 3.8) is 0 Å². The summed E-state index contributed by atoms with van der Waals surface area (Å²) in [5.41, 5.74) is 0.785. The van der Waals surface area contributed by atoms with Crippen molar-refractivity contribution in [2.45, 2.75) is 109 Å². The number of carboxylic acids is 1. The van der Waals surface area contributed by atoms with Crippen molar-refractivity contribution in [1.82, 2.24) is 0 Å². The normalized spacial score (nSPS) is 26.3. The Labute approximate surface area is 237 Å². The summed E-state index contributed by atoms with van der Waals surface area (Å²) in [5, 5.41) is 39.8. The number of aliphatic carboxylic acids is 1. The van der Waals surface area contributed by atoms with E-state index in [1.807, 2.05) is 30.3 Å². The van der Waals surface area contributed by atoms with E-state index in [0.29, 0.717) is 18.6 Å². The smallest absolute Gasteiger partial charge is 0.350 e. The highest BCUT2D eigenvalue weighted by Crippen LogP contribution is 2.44. The number of allylic oxidation sites excluding steroid dienone is 2. The van der Waals surface area contributed by atoms with Gasteiger partial charge in [0.15, 0.2) is 5.60 Å². The molecule has 7 atom stereocenters. The fourth-order valence-electron chi connectivity index (χ4n) is 5.73. The number of fused-ring (bicyclic) bond motifs is 1. The van der Waals surface area contributed by atoms with Crippen LogP contribution in [0.2, 0.25) is 0 Å². The molecule has 0 fully saturated rings. The highest BCUT2D eigenvalue weighted by molar-refractivity contribution is 5.79. The fraction of sp³-hybridized carbons (Fsp3) is 0.625. The number of benzene rings is 1. The minimum Gasteiger partial charge on any atom is -0.481 e. The van der Waals surface area contributed by atoms with Gasteiger partial charge in [0.2, 0.25) is 0 Å². The zero-order valence-corrected chi connectivity index (χ0v) is 24.5. The standard InChI is InChI=1S/C32H46O8/c1-19-7-8-20-15-23(34)17-27(29(20)26(19)14-11-22(33)16-24(35)18-28(36)37)39-30(38)32(5,6)40-25-12-9-21(10-13-25)31(2,3)4/h7-10,12-13,15,19,22-24,26-27,29,33-35H,11,14,16-18H2,1-6H3,(H,36,37)/t19-,22+,23+,24+,26-,27-,29-/m0/s1. The minimum absolute atomic E-state index is 0.00351. The Morgan fingerprint density at radius 3 is 2.30 bits per heavy atom. The zero-order chi connectivity index (χ0) is 29.8. The summed E-state index contributed by atoms with van der Waals surface area (Å²) >= 11 is 0. The van der Waals surface area contributed by atoms with E-state index in [-0.39, 0.29) is 36.0 Å². The van der Waals surface area contributed by atoms with Gasteiger partial charge in [0, 0.05) is 12.3 Å². The molecule has 8 heteroatoms. The molecule has 1 aromatic rings. The Morgan fingerprint density at radius 1 is 1.05 bits per heavy atom. The molecule has 0 heterocycles. The van der Waals surface area contributed by atoms with E-state index in [2.05, 4.69) is 33.8 Å². The first kappa shape index (κ1) is 31.8. The van der Waals surface area contributed by atoms with Crippen LogP contribution >= 0.6 is 0 Å². The van der Waals surface area contributed by atoms with Crippen molar-refractivity contribution in [2.24, 2.45) is 17.8 Å². The molecular formula is C32H46O8. The summed E-state index contributed by atoms with van der Waals surface area (Å²) in [6, 6.07) is 7.67. The number of aliphatic hydroxyl groups excluding tert-OH is 3. The summed E-state index contributed by atoms with van der Waals surface area (Å²) in [7, 11) is 0. The van der Waals surface area contributed by atoms with Crippen LogP contribution in [0, 0.1) is 17.8 Å². The van der Waals surface area contributed by atoms with Crippen LogP contribution in [0.3, 0.4) is 0 Å². The summed E-state index contributed by atoms with van der Waals surface area (Å²) < 4.78 is 12.1. The van der Waals surface area contributed by atoms with Crippen LogP contribution in [0.15, 0.2) is 48.1 Å². The van der Waals surface area contributed by atoms with E-state index >= 15 is 0 Å². The van der Waals surface area contributed by atoms with E-state index in [9.17, 15) is 24.9 Å². The summed E-state index contributed by atoms with van der Waals surface area (Å²) in [4.78, 5) is 24.3. The number of carbonyl (C=O) groups is 2. The molecule has 8 nitrogen and oxygen atoms in total. The van der Waals surface area contributed by atoms with Crippen LogP contribution in [0.5, 0.6) is 5.75 Å². The van der Waals surface area contributed by atoms with Crippen molar-refractivity contribution in [2.75, 3.05) is 0 Å². The second kappa shape index (κ2) is 12.9. The molecule has 0 aliphatic heterocycles. The second-order valence-corrected chi connectivity index (χ2v) is 12.9. The molecule has 0 aromatic heterocycles. The lowest BCUT2D eigenvalue weighted by molar-refractivity contribution is -0.170. The number of aliphatic hydroxyl groups is 3. The third kappa shape index (κ3) is 8.41. The van der Waals surface area contributed by atoms with Gasteiger partial charge >= 0.3 is 11.9 Å². The molecule has 222 valence electrons. The van der Waals surface area contributed by atoms with Crippen molar-refractivity contribution >= 4 is 11.9 Å². The lowest BCUT2D eigenvalue weighted by Crippen LogP contribution is -2.47. The predicted molar refractivity (Wildman–Crippen MR) is 152 cm³/mol. The van der Waals surface area contributed by atoms with Crippen LogP contribution in [0.1, 0.15) is 79.2 Å². The number of carbonyl (C=O) groups excluding carboxylic acids is 1. The highest BCUT2D eigenvalue weighted by atomic mass is 16.6. The largest absolute Gasteiger partial charge is 0.481 e. The molecule has 2 aliphatic rings. The second-order valence-electron chi connectivity index (χ2n) is 12.9. The topological polar surface area (TPSA) is 134 Å². The quantitative estimate of drug-likeness (QED) is 0.291. The molecule has 0 amide bonds. The maximum absolute atomic E-state index is 13.4. The van der Waals surface area contributed by atoms with Crippen LogP contribution in [-0.2, 0) is 19.7 Å². The molecule has 4 N–H and O–H groups in total. The molecule has 0 saturated heterocycles. The van der Waals surface area contributed by atoms with Gasteiger partial charge in [-0.2, -0.15) is 0 Å². The predicted octanol–water partition coefficient (Wildman–Crippen LogP) is 4.55. The molecule has 0 radical (unpaired) electrons. The van der Waals surface area contributed by atoms with Crippen LogP contribution in [0.4, 0.5) is 0 Å². The summed E-state index contributed by atoms with van der Waals surface area (Å²) in [5.74, 6) is -1.11. The first-order valence-electron chi connectivity index (χ1n) is 14.2. The van der Waals surface area contributed by atoms with Crippen LogP contribution in [-0.4, -0.2) is 62.4 Å². The Hall–Kier alpha value is -2.68. The van der Waals surface area contributed by atoms with Gasteiger partial charge in [-0.3, -0.25) is 4.79 Å². The van der Waals surface area contributed by atoms with E-state index in [1.54, 1.807) is 19.9 Å². The van der Waals surface area contributed by atoms with E-state index in [0.717, 1.165) is 11.1 Å². The lowest BCUT2D eigenvalue weighted by Gasteiger charge is -2.43. The van der Waals surface area contributed by atoms with E-state index in [1.165, 1.54) is 0 Å². The van der Waals surface area contributed by atoms with Gasteiger partial charge in [0.25, 0.3) is 0 Å². The molecule has 2 aliphatic carbocycles. The number of ether oxygens (including phenoxy) is 2. The summed E-state index contributed by atoms with van der Waals surface area (Å²) in [6.45, 7) is 11.8. The SMILES string of the molecule is C[C@H]1C=CC2=C[C@@H](O)C[C@H](OC(=O)C(C)(C)Oc3ccc(C(C)(C)C)cc3)[C@@H]2[C@H]1CC[C@@H](O)C[C@@H](O)CC(=O)O. The Morgan fingerprint density at radius 2 is 1.70 bits per heavy atom. The van der Waals surface area contributed by atoms with Gasteiger partial charge < -0.3 is 29.9 Å². The van der Waals surface area contributed by atoms with Crippen molar-refractivity contribution in [1.29, 1.82) is 0 Å². The number of hydrogen-bond acceptors (Lipinski definition) is 7. The first-order chi connectivity index (χ1) is 18.6. The number of rotatable bonds is 11. The Bertz CT molecular complexity index is 1080. The molecule has 40 heavy (non-hydrogen) atoms. The zero-order valence-electron chi connectivity index (χ0n) is 24.5. The lowest BCUT2D eigenvalue weighted by atomic mass is 9.66. The molecule has 3 rings (SSSR count). The highest BCUT2D eigenvalue weighted by Gasteiger charge is 2.44. The number of carboxylic acid groups (broad SMARTS) is 1. The number of esters is 1. The minimum atomic E-state index is -1.27. The maximum atomic E-state index is 13.4. The first-order valence-corrected chi connectivity index (χ1v) is 14.2. The van der Waals surface area contributed by atoms with Gasteiger partial charge in [-0.15, -0.1) is 0 Å². The Kier molecular flexibility index (Phi) is 10.3. The molecule has 0 unspecified atom stereocenters. The molecule has 0 bridgehead atoms. The Balaban J connectivity index is 1.71. The van der Waals surface area contributed by atoms with Crippen LogP contribution < -0.4 is 4.74 Å². The van der Waals surface area contributed by atoms with E-state index in [4.69, 9.17) is 14.6 Å². The number of hydrogen-bond donors (Lipinski definition) is 4. The van der Waals surface area contributed by atoms with Crippen LogP contribution in [0.25, 0.3) is 0 Å². The molecule has 0 spiro atoms. The monoisotopic (exact) mass is 558 g/mol. The van der Waals surface area contributed by atoms with Gasteiger partial charge in [0.05, 0.1) is 24.7 Å². The molecule has 0 saturated carbocycles. The molecule has 1 aromatic carbocycles. The van der Waals surface area contributed by atoms with Crippen molar-refractivity contribution < 1.29 is 39.5 Å². The third-order valence-electron chi connectivity index (χ3n) is 8.00. The van der Waals surface area contributed by atoms with Crippen molar-refractivity contribution in [3.8, 4) is 5.75 Å². The van der Waals surface area contributed by atoms with Gasteiger partial charge in [-0.1, -0.05) is 58.1 Å². The van der Waals surface area contributed by atoms with Crippen molar-refractivity contribution in [3.05, 3.63) is 53.6 Å². The van der Waals surface area contributed by atoms with E-state index < -0.39 is 48.4 Å². The van der Waals surface area contributed by atoms with Gasteiger partial charge in [-0.25, -0.2) is 4.79 Å².